The van der Waals surface area contributed by atoms with Crippen molar-refractivity contribution in [3.63, 3.8) is 0 Å². The second-order valence-corrected chi connectivity index (χ2v) is 7.41. The molecule has 0 amide bonds. The molecule has 0 saturated carbocycles. The quantitative estimate of drug-likeness (QED) is 0.685. The standard InChI is InChI=1S/C17H27BrFN/c1-5-8-17(4,12-20-11-13(2)3)10-14-6-7-15(18)9-16(14)19/h6-7,9,13,20H,5,8,10-12H2,1-4H3. The molecule has 114 valence electrons. The molecular formula is C17H27BrFN. The van der Waals surface area contributed by atoms with Gasteiger partial charge >= 0.3 is 0 Å². The van der Waals surface area contributed by atoms with Gasteiger partial charge in [0.05, 0.1) is 0 Å². The Labute approximate surface area is 131 Å². The van der Waals surface area contributed by atoms with Crippen molar-refractivity contribution in [1.82, 2.24) is 5.32 Å². The van der Waals surface area contributed by atoms with Crippen LogP contribution in [-0.4, -0.2) is 13.1 Å². The maximum Gasteiger partial charge on any atom is 0.127 e. The molecule has 0 bridgehead atoms. The average molecular weight is 344 g/mol. The van der Waals surface area contributed by atoms with Gasteiger partial charge in [-0.2, -0.15) is 0 Å². The van der Waals surface area contributed by atoms with Gasteiger partial charge in [-0.25, -0.2) is 4.39 Å². The molecule has 0 aliphatic rings. The molecule has 1 N–H and O–H groups in total. The van der Waals surface area contributed by atoms with Gasteiger partial charge in [0.1, 0.15) is 5.82 Å². The molecule has 0 aliphatic heterocycles. The normalized spacial score (nSPS) is 14.6. The monoisotopic (exact) mass is 343 g/mol. The fraction of sp³-hybridized carbons (Fsp3) is 0.647. The number of hydrogen-bond donors (Lipinski definition) is 1. The fourth-order valence-corrected chi connectivity index (χ4v) is 2.96. The average Bonchev–Trinajstić information content (AvgIpc) is 2.33. The number of benzene rings is 1. The van der Waals surface area contributed by atoms with Gasteiger partial charge in [0, 0.05) is 11.0 Å². The Kier molecular flexibility index (Phi) is 7.18. The van der Waals surface area contributed by atoms with Gasteiger partial charge in [-0.05, 0) is 48.4 Å². The summed E-state index contributed by atoms with van der Waals surface area (Å²) in [6.07, 6.45) is 3.01. The SMILES string of the molecule is CCCC(C)(CNCC(C)C)Cc1ccc(Br)cc1F. The molecule has 1 aromatic carbocycles. The highest BCUT2D eigenvalue weighted by Gasteiger charge is 2.25. The largest absolute Gasteiger partial charge is 0.316 e. The van der Waals surface area contributed by atoms with Gasteiger partial charge in [-0.3, -0.25) is 0 Å². The topological polar surface area (TPSA) is 12.0 Å². The van der Waals surface area contributed by atoms with Crippen LogP contribution in [0.2, 0.25) is 0 Å². The van der Waals surface area contributed by atoms with Crippen molar-refractivity contribution in [3.8, 4) is 0 Å². The highest BCUT2D eigenvalue weighted by Crippen LogP contribution is 2.29. The van der Waals surface area contributed by atoms with E-state index in [0.717, 1.165) is 42.4 Å². The Morgan fingerprint density at radius 1 is 1.35 bits per heavy atom. The zero-order chi connectivity index (χ0) is 15.2. The van der Waals surface area contributed by atoms with Crippen LogP contribution >= 0.6 is 15.9 Å². The Bertz CT molecular complexity index is 419. The van der Waals surface area contributed by atoms with Crippen molar-refractivity contribution in [1.29, 1.82) is 0 Å². The Hall–Kier alpha value is -0.410. The van der Waals surface area contributed by atoms with E-state index in [4.69, 9.17) is 0 Å². The van der Waals surface area contributed by atoms with Crippen LogP contribution in [0.3, 0.4) is 0 Å². The molecule has 0 saturated heterocycles. The van der Waals surface area contributed by atoms with Gasteiger partial charge in [0.15, 0.2) is 0 Å². The van der Waals surface area contributed by atoms with E-state index in [2.05, 4.69) is 48.9 Å². The van der Waals surface area contributed by atoms with Crippen LogP contribution in [-0.2, 0) is 6.42 Å². The Morgan fingerprint density at radius 3 is 2.60 bits per heavy atom. The lowest BCUT2D eigenvalue weighted by Gasteiger charge is -2.30. The highest BCUT2D eigenvalue weighted by molar-refractivity contribution is 9.10. The van der Waals surface area contributed by atoms with E-state index in [-0.39, 0.29) is 11.2 Å². The summed E-state index contributed by atoms with van der Waals surface area (Å²) in [6, 6.07) is 5.38. The van der Waals surface area contributed by atoms with Crippen molar-refractivity contribution in [2.45, 2.75) is 47.0 Å². The molecule has 3 heteroatoms. The molecule has 0 fully saturated rings. The molecule has 1 rings (SSSR count). The van der Waals surface area contributed by atoms with E-state index in [9.17, 15) is 4.39 Å². The lowest BCUT2D eigenvalue weighted by Crippen LogP contribution is -2.35. The number of hydrogen-bond acceptors (Lipinski definition) is 1. The summed E-state index contributed by atoms with van der Waals surface area (Å²) < 4.78 is 14.8. The zero-order valence-corrected chi connectivity index (χ0v) is 14.7. The summed E-state index contributed by atoms with van der Waals surface area (Å²) in [5.41, 5.74) is 0.925. The summed E-state index contributed by atoms with van der Waals surface area (Å²) in [5.74, 6) is 0.538. The molecular weight excluding hydrogens is 317 g/mol. The van der Waals surface area contributed by atoms with Gasteiger partial charge in [-0.1, -0.05) is 56.1 Å². The molecule has 0 aromatic heterocycles. The van der Waals surface area contributed by atoms with Crippen molar-refractivity contribution in [2.24, 2.45) is 11.3 Å². The summed E-state index contributed by atoms with van der Waals surface area (Å²) in [6.45, 7) is 10.8. The predicted octanol–water partition coefficient (Wildman–Crippen LogP) is 5.18. The van der Waals surface area contributed by atoms with E-state index < -0.39 is 0 Å². The minimum absolute atomic E-state index is 0.106. The molecule has 0 spiro atoms. The van der Waals surface area contributed by atoms with E-state index in [1.807, 2.05) is 12.1 Å². The molecule has 0 aliphatic carbocycles. The van der Waals surface area contributed by atoms with E-state index in [1.54, 1.807) is 6.07 Å². The fourth-order valence-electron chi connectivity index (χ4n) is 2.63. The summed E-state index contributed by atoms with van der Waals surface area (Å²) in [5, 5.41) is 3.53. The first-order valence-electron chi connectivity index (χ1n) is 7.51. The van der Waals surface area contributed by atoms with E-state index in [1.165, 1.54) is 0 Å². The third-order valence-electron chi connectivity index (χ3n) is 3.59. The molecule has 1 aromatic rings. The first kappa shape index (κ1) is 17.6. The summed E-state index contributed by atoms with van der Waals surface area (Å²) >= 11 is 3.31. The van der Waals surface area contributed by atoms with Gasteiger partial charge < -0.3 is 5.32 Å². The second kappa shape index (κ2) is 8.14. The van der Waals surface area contributed by atoms with E-state index in [0.29, 0.717) is 5.92 Å². The maximum atomic E-state index is 14.0. The van der Waals surface area contributed by atoms with Crippen molar-refractivity contribution in [3.05, 3.63) is 34.1 Å². The molecule has 0 radical (unpaired) electrons. The van der Waals surface area contributed by atoms with Crippen LogP contribution in [0, 0.1) is 17.2 Å². The predicted molar refractivity (Wildman–Crippen MR) is 88.5 cm³/mol. The molecule has 1 nitrogen and oxygen atoms in total. The summed E-state index contributed by atoms with van der Waals surface area (Å²) in [4.78, 5) is 0. The third-order valence-corrected chi connectivity index (χ3v) is 4.08. The van der Waals surface area contributed by atoms with Crippen LogP contribution in [0.1, 0.15) is 46.1 Å². The Balaban J connectivity index is 2.73. The number of halogens is 2. The lowest BCUT2D eigenvalue weighted by molar-refractivity contribution is 0.268. The molecule has 1 unspecified atom stereocenters. The van der Waals surface area contributed by atoms with Crippen LogP contribution < -0.4 is 5.32 Å². The number of rotatable bonds is 8. The zero-order valence-electron chi connectivity index (χ0n) is 13.1. The molecule has 1 atom stereocenters. The lowest BCUT2D eigenvalue weighted by atomic mass is 9.79. The first-order chi connectivity index (χ1) is 9.36. The summed E-state index contributed by atoms with van der Waals surface area (Å²) in [7, 11) is 0. The minimum Gasteiger partial charge on any atom is -0.316 e. The molecule has 0 heterocycles. The van der Waals surface area contributed by atoms with Crippen molar-refractivity contribution >= 4 is 15.9 Å². The maximum absolute atomic E-state index is 14.0. The third kappa shape index (κ3) is 5.92. The number of nitrogens with one attached hydrogen (secondary N) is 1. The van der Waals surface area contributed by atoms with Crippen LogP contribution in [0.4, 0.5) is 4.39 Å². The van der Waals surface area contributed by atoms with Gasteiger partial charge in [0.2, 0.25) is 0 Å². The van der Waals surface area contributed by atoms with Gasteiger partial charge in [0.25, 0.3) is 0 Å². The molecule has 20 heavy (non-hydrogen) atoms. The first-order valence-corrected chi connectivity index (χ1v) is 8.30. The Morgan fingerprint density at radius 2 is 2.05 bits per heavy atom. The van der Waals surface area contributed by atoms with Gasteiger partial charge in [-0.15, -0.1) is 0 Å². The minimum atomic E-state index is -0.106. The second-order valence-electron chi connectivity index (χ2n) is 6.50. The van der Waals surface area contributed by atoms with Crippen LogP contribution in [0.15, 0.2) is 22.7 Å². The van der Waals surface area contributed by atoms with E-state index >= 15 is 0 Å². The van der Waals surface area contributed by atoms with Crippen LogP contribution in [0.25, 0.3) is 0 Å². The highest BCUT2D eigenvalue weighted by atomic mass is 79.9. The van der Waals surface area contributed by atoms with Crippen molar-refractivity contribution < 1.29 is 4.39 Å². The van der Waals surface area contributed by atoms with Crippen molar-refractivity contribution in [2.75, 3.05) is 13.1 Å². The smallest absolute Gasteiger partial charge is 0.127 e. The van der Waals surface area contributed by atoms with Crippen LogP contribution in [0.5, 0.6) is 0 Å².